The molecule has 104 valence electrons. The summed E-state index contributed by atoms with van der Waals surface area (Å²) in [7, 11) is 1.51. The predicted molar refractivity (Wildman–Crippen MR) is 65.4 cm³/mol. The van der Waals surface area contributed by atoms with Crippen molar-refractivity contribution in [3.63, 3.8) is 0 Å². The monoisotopic (exact) mass is 267 g/mol. The molecule has 0 N–H and O–H groups in total. The third-order valence-corrected chi connectivity index (χ3v) is 2.44. The van der Waals surface area contributed by atoms with E-state index >= 15 is 0 Å². The van der Waals surface area contributed by atoms with E-state index in [1.54, 1.807) is 4.68 Å². The molecular formula is C11H17N5O3. The smallest absolute Gasteiger partial charge is 0.390 e. The van der Waals surface area contributed by atoms with E-state index in [0.717, 1.165) is 6.54 Å². The first-order chi connectivity index (χ1) is 9.10. The van der Waals surface area contributed by atoms with E-state index in [0.29, 0.717) is 11.7 Å². The minimum Gasteiger partial charge on any atom is -0.390 e. The number of hydrogen-bond donors (Lipinski definition) is 0. The van der Waals surface area contributed by atoms with Crippen molar-refractivity contribution in [2.75, 3.05) is 7.11 Å². The molecule has 0 amide bonds. The number of rotatable bonds is 6. The van der Waals surface area contributed by atoms with Crippen molar-refractivity contribution in [2.45, 2.75) is 33.5 Å². The minimum atomic E-state index is -0.522. The summed E-state index contributed by atoms with van der Waals surface area (Å²) in [5.74, 6) is 0.847. The molecule has 0 aliphatic carbocycles. The molecule has 0 spiro atoms. The quantitative estimate of drug-likeness (QED) is 0.747. The van der Waals surface area contributed by atoms with Gasteiger partial charge in [0.1, 0.15) is 25.3 Å². The lowest BCUT2D eigenvalue weighted by Crippen LogP contribution is -2.20. The fraction of sp³-hybridized carbons (Fsp3) is 0.636. The Labute approximate surface area is 110 Å². The fourth-order valence-corrected chi connectivity index (χ4v) is 1.67. The van der Waals surface area contributed by atoms with E-state index in [-0.39, 0.29) is 19.0 Å². The second kappa shape index (κ2) is 5.79. The molecule has 0 saturated carbocycles. The summed E-state index contributed by atoms with van der Waals surface area (Å²) in [6.07, 6.45) is 1.47. The molecule has 2 aromatic rings. The molecule has 2 heterocycles. The molecule has 19 heavy (non-hydrogen) atoms. The van der Waals surface area contributed by atoms with Gasteiger partial charge in [0.25, 0.3) is 0 Å². The van der Waals surface area contributed by atoms with Crippen LogP contribution in [0.1, 0.15) is 25.6 Å². The van der Waals surface area contributed by atoms with Gasteiger partial charge in [0.2, 0.25) is 5.89 Å². The van der Waals surface area contributed by atoms with Crippen molar-refractivity contribution in [1.82, 2.24) is 24.5 Å². The Bertz CT molecular complexity index is 583. The summed E-state index contributed by atoms with van der Waals surface area (Å²) in [5.41, 5.74) is 0. The molecule has 0 bridgehead atoms. The Kier molecular flexibility index (Phi) is 4.10. The Hall–Kier alpha value is -1.96. The van der Waals surface area contributed by atoms with Crippen molar-refractivity contribution in [2.24, 2.45) is 5.92 Å². The van der Waals surface area contributed by atoms with Gasteiger partial charge < -0.3 is 9.15 Å². The van der Waals surface area contributed by atoms with Crippen molar-refractivity contribution < 1.29 is 9.15 Å². The molecule has 0 atom stereocenters. The summed E-state index contributed by atoms with van der Waals surface area (Å²) >= 11 is 0. The molecule has 2 rings (SSSR count). The number of hydrogen-bond acceptors (Lipinski definition) is 6. The van der Waals surface area contributed by atoms with Crippen LogP contribution < -0.4 is 5.76 Å². The minimum absolute atomic E-state index is 0.168. The first kappa shape index (κ1) is 13.5. The molecule has 0 aliphatic rings. The average molecular weight is 267 g/mol. The molecule has 0 radical (unpaired) electrons. The topological polar surface area (TPSA) is 88.0 Å². The van der Waals surface area contributed by atoms with Gasteiger partial charge in [-0.15, -0.1) is 5.10 Å². The van der Waals surface area contributed by atoms with Crippen molar-refractivity contribution in [1.29, 1.82) is 0 Å². The maximum absolute atomic E-state index is 11.6. The summed E-state index contributed by atoms with van der Waals surface area (Å²) in [4.78, 5) is 15.7. The van der Waals surface area contributed by atoms with E-state index in [1.165, 1.54) is 18.1 Å². The van der Waals surface area contributed by atoms with Crippen LogP contribution in [0.3, 0.4) is 0 Å². The van der Waals surface area contributed by atoms with E-state index < -0.39 is 5.76 Å². The first-order valence-electron chi connectivity index (χ1n) is 6.02. The van der Waals surface area contributed by atoms with Crippen LogP contribution >= 0.6 is 0 Å². The van der Waals surface area contributed by atoms with Gasteiger partial charge in [-0.3, -0.25) is 0 Å². The van der Waals surface area contributed by atoms with Gasteiger partial charge in [0.05, 0.1) is 0 Å². The standard InChI is InChI=1S/C11H17N5O3/c1-8(2)4-15-9(12-7-13-15)5-16-11(17)19-10(14-16)6-18-3/h7-8H,4-6H2,1-3H3. The Morgan fingerprint density at radius 3 is 2.89 bits per heavy atom. The highest BCUT2D eigenvalue weighted by atomic mass is 16.5. The van der Waals surface area contributed by atoms with Gasteiger partial charge in [-0.05, 0) is 5.92 Å². The number of nitrogens with zero attached hydrogens (tertiary/aromatic N) is 5. The van der Waals surface area contributed by atoms with Gasteiger partial charge in [0, 0.05) is 13.7 Å². The van der Waals surface area contributed by atoms with Gasteiger partial charge >= 0.3 is 5.76 Å². The van der Waals surface area contributed by atoms with E-state index in [9.17, 15) is 4.79 Å². The van der Waals surface area contributed by atoms with Crippen LogP contribution in [0, 0.1) is 5.92 Å². The van der Waals surface area contributed by atoms with E-state index in [1.807, 2.05) is 0 Å². The predicted octanol–water partition coefficient (Wildman–Crippen LogP) is 0.278. The van der Waals surface area contributed by atoms with Crippen LogP contribution in [0.2, 0.25) is 0 Å². The number of ether oxygens (including phenoxy) is 1. The first-order valence-corrected chi connectivity index (χ1v) is 6.02. The second-order valence-corrected chi connectivity index (χ2v) is 4.60. The summed E-state index contributed by atoms with van der Waals surface area (Å²) < 4.78 is 12.8. The van der Waals surface area contributed by atoms with Crippen LogP contribution in [0.15, 0.2) is 15.5 Å². The van der Waals surface area contributed by atoms with Gasteiger partial charge in [-0.2, -0.15) is 9.78 Å². The van der Waals surface area contributed by atoms with Crippen molar-refractivity contribution in [3.05, 3.63) is 28.6 Å². The lowest BCUT2D eigenvalue weighted by molar-refractivity contribution is 0.158. The van der Waals surface area contributed by atoms with Crippen LogP contribution in [-0.4, -0.2) is 31.7 Å². The van der Waals surface area contributed by atoms with Crippen LogP contribution in [0.25, 0.3) is 0 Å². The largest absolute Gasteiger partial charge is 0.437 e. The zero-order valence-electron chi connectivity index (χ0n) is 11.2. The molecule has 0 aromatic carbocycles. The molecule has 0 unspecified atom stereocenters. The summed E-state index contributed by atoms with van der Waals surface area (Å²) in [5, 5.41) is 8.16. The van der Waals surface area contributed by atoms with Gasteiger partial charge in [0.15, 0.2) is 0 Å². The summed E-state index contributed by atoms with van der Waals surface area (Å²) in [6.45, 7) is 5.32. The van der Waals surface area contributed by atoms with Crippen LogP contribution in [0.5, 0.6) is 0 Å². The Balaban J connectivity index is 2.17. The number of methoxy groups -OCH3 is 1. The normalized spacial score (nSPS) is 11.4. The lowest BCUT2D eigenvalue weighted by Gasteiger charge is -2.07. The molecule has 0 saturated heterocycles. The van der Waals surface area contributed by atoms with Crippen molar-refractivity contribution >= 4 is 0 Å². The fourth-order valence-electron chi connectivity index (χ4n) is 1.67. The second-order valence-electron chi connectivity index (χ2n) is 4.60. The zero-order valence-corrected chi connectivity index (χ0v) is 11.2. The SMILES string of the molecule is COCc1nn(Cc2ncnn2CC(C)C)c(=O)o1. The Morgan fingerprint density at radius 1 is 1.42 bits per heavy atom. The maximum Gasteiger partial charge on any atom is 0.437 e. The average Bonchev–Trinajstić information content (AvgIpc) is 2.88. The van der Waals surface area contributed by atoms with Gasteiger partial charge in [-0.1, -0.05) is 13.8 Å². The third-order valence-electron chi connectivity index (χ3n) is 2.44. The molecule has 8 nitrogen and oxygen atoms in total. The molecule has 0 fully saturated rings. The summed E-state index contributed by atoms with van der Waals surface area (Å²) in [6, 6.07) is 0. The van der Waals surface area contributed by atoms with Crippen LogP contribution in [-0.2, 0) is 24.4 Å². The highest BCUT2D eigenvalue weighted by Gasteiger charge is 2.12. The molecule has 0 aliphatic heterocycles. The zero-order chi connectivity index (χ0) is 13.8. The molecular weight excluding hydrogens is 250 g/mol. The van der Waals surface area contributed by atoms with E-state index in [2.05, 4.69) is 29.0 Å². The number of aromatic nitrogens is 5. The third kappa shape index (κ3) is 3.28. The van der Waals surface area contributed by atoms with Crippen molar-refractivity contribution in [3.8, 4) is 0 Å². The van der Waals surface area contributed by atoms with E-state index in [4.69, 9.17) is 9.15 Å². The molecule has 8 heteroatoms. The highest BCUT2D eigenvalue weighted by molar-refractivity contribution is 4.86. The van der Waals surface area contributed by atoms with Gasteiger partial charge in [-0.25, -0.2) is 14.5 Å². The molecule has 2 aromatic heterocycles. The highest BCUT2D eigenvalue weighted by Crippen LogP contribution is 2.02. The Morgan fingerprint density at radius 2 is 2.21 bits per heavy atom. The lowest BCUT2D eigenvalue weighted by atomic mass is 10.2. The maximum atomic E-state index is 11.6. The van der Waals surface area contributed by atoms with Crippen LogP contribution in [0.4, 0.5) is 0 Å².